The smallest absolute Gasteiger partial charge is 0.232 e. The summed E-state index contributed by atoms with van der Waals surface area (Å²) in [7, 11) is 0. The third-order valence-corrected chi connectivity index (χ3v) is 3.15. The van der Waals surface area contributed by atoms with Crippen molar-refractivity contribution in [3.05, 3.63) is 30.1 Å². The fourth-order valence-electron chi connectivity index (χ4n) is 2.12. The van der Waals surface area contributed by atoms with Crippen molar-refractivity contribution in [1.29, 1.82) is 0 Å². The van der Waals surface area contributed by atoms with Crippen molar-refractivity contribution in [1.82, 2.24) is 0 Å². The number of hydrogen-bond acceptors (Lipinski definition) is 1. The molecule has 0 unspecified atom stereocenters. The molecule has 0 N–H and O–H groups in total. The van der Waals surface area contributed by atoms with E-state index >= 15 is 0 Å². The Morgan fingerprint density at radius 2 is 1.88 bits per heavy atom. The van der Waals surface area contributed by atoms with Gasteiger partial charge in [0.15, 0.2) is 0 Å². The topological polar surface area (TPSA) is 20.3 Å². The second-order valence-corrected chi connectivity index (χ2v) is 4.92. The normalized spacial score (nSPS) is 19.9. The zero-order valence-corrected chi connectivity index (χ0v) is 9.66. The largest absolute Gasteiger partial charge is 0.312 e. The molecule has 1 heterocycles. The Morgan fingerprint density at radius 3 is 2.50 bits per heavy atom. The van der Waals surface area contributed by atoms with E-state index in [1.165, 1.54) is 12.1 Å². The van der Waals surface area contributed by atoms with Crippen LogP contribution in [-0.2, 0) is 4.79 Å². The molecule has 0 aromatic heterocycles. The fraction of sp³-hybridized carbons (Fsp3) is 0.462. The summed E-state index contributed by atoms with van der Waals surface area (Å²) in [6.45, 7) is 4.66. The van der Waals surface area contributed by atoms with Gasteiger partial charge in [-0.1, -0.05) is 13.8 Å². The van der Waals surface area contributed by atoms with E-state index in [0.717, 1.165) is 25.1 Å². The van der Waals surface area contributed by atoms with Crippen molar-refractivity contribution in [3.8, 4) is 0 Å². The van der Waals surface area contributed by atoms with Crippen molar-refractivity contribution in [3.63, 3.8) is 0 Å². The number of rotatable bonds is 1. The predicted molar refractivity (Wildman–Crippen MR) is 61.8 cm³/mol. The molecule has 86 valence electrons. The summed E-state index contributed by atoms with van der Waals surface area (Å²) in [6.07, 6.45) is 1.92. The van der Waals surface area contributed by atoms with Crippen LogP contribution < -0.4 is 4.90 Å². The van der Waals surface area contributed by atoms with E-state index < -0.39 is 0 Å². The summed E-state index contributed by atoms with van der Waals surface area (Å²) in [5.41, 5.74) is 0.492. The molecule has 0 aliphatic carbocycles. The van der Waals surface area contributed by atoms with Crippen molar-refractivity contribution < 1.29 is 9.18 Å². The van der Waals surface area contributed by atoms with Gasteiger partial charge in [-0.15, -0.1) is 0 Å². The maximum absolute atomic E-state index is 12.8. The molecule has 0 saturated carbocycles. The Balaban J connectivity index is 2.27. The van der Waals surface area contributed by atoms with Crippen LogP contribution in [0.5, 0.6) is 0 Å². The first-order chi connectivity index (χ1) is 7.50. The number of hydrogen-bond donors (Lipinski definition) is 0. The molecule has 0 bridgehead atoms. The van der Waals surface area contributed by atoms with Gasteiger partial charge in [-0.05, 0) is 37.1 Å². The zero-order valence-electron chi connectivity index (χ0n) is 9.66. The van der Waals surface area contributed by atoms with Crippen LogP contribution in [0.1, 0.15) is 26.7 Å². The molecule has 1 amide bonds. The first kappa shape index (κ1) is 11.1. The first-order valence-corrected chi connectivity index (χ1v) is 5.58. The zero-order chi connectivity index (χ0) is 11.8. The van der Waals surface area contributed by atoms with Gasteiger partial charge < -0.3 is 4.90 Å². The van der Waals surface area contributed by atoms with Crippen LogP contribution in [0.25, 0.3) is 0 Å². The van der Waals surface area contributed by atoms with Gasteiger partial charge in [0.2, 0.25) is 5.91 Å². The molecule has 16 heavy (non-hydrogen) atoms. The van der Waals surface area contributed by atoms with Crippen LogP contribution in [0, 0.1) is 11.2 Å². The van der Waals surface area contributed by atoms with Crippen molar-refractivity contribution >= 4 is 11.6 Å². The molecule has 0 radical (unpaired) electrons. The van der Waals surface area contributed by atoms with Crippen LogP contribution in [0.4, 0.5) is 10.1 Å². The Labute approximate surface area is 95.1 Å². The summed E-state index contributed by atoms with van der Waals surface area (Å²) in [4.78, 5) is 13.9. The van der Waals surface area contributed by atoms with E-state index in [4.69, 9.17) is 0 Å². The van der Waals surface area contributed by atoms with Crippen molar-refractivity contribution in [2.24, 2.45) is 5.41 Å². The summed E-state index contributed by atoms with van der Waals surface area (Å²) in [5.74, 6) is -0.141. The number of nitrogens with zero attached hydrogens (tertiary/aromatic N) is 1. The van der Waals surface area contributed by atoms with Crippen molar-refractivity contribution in [2.75, 3.05) is 11.4 Å². The average Bonchev–Trinajstić information content (AvgIpc) is 2.24. The molecular formula is C13H16FNO. The maximum Gasteiger partial charge on any atom is 0.232 e. The second kappa shape index (κ2) is 3.89. The number of halogens is 1. The van der Waals surface area contributed by atoms with Crippen LogP contribution in [0.2, 0.25) is 0 Å². The van der Waals surface area contributed by atoms with Gasteiger partial charge in [-0.2, -0.15) is 0 Å². The molecule has 1 aromatic carbocycles. The van der Waals surface area contributed by atoms with Crippen LogP contribution in [-0.4, -0.2) is 12.5 Å². The summed E-state index contributed by atoms with van der Waals surface area (Å²) in [6, 6.07) is 6.11. The Kier molecular flexibility index (Phi) is 2.70. The summed E-state index contributed by atoms with van der Waals surface area (Å²) < 4.78 is 12.8. The van der Waals surface area contributed by atoms with Crippen LogP contribution in [0.15, 0.2) is 24.3 Å². The van der Waals surface area contributed by atoms with Crippen molar-refractivity contribution in [2.45, 2.75) is 26.7 Å². The van der Waals surface area contributed by atoms with E-state index in [1.807, 2.05) is 13.8 Å². The second-order valence-electron chi connectivity index (χ2n) is 4.92. The highest BCUT2D eigenvalue weighted by atomic mass is 19.1. The minimum atomic E-state index is -0.299. The van der Waals surface area contributed by atoms with E-state index in [2.05, 4.69) is 0 Å². The molecule has 3 heteroatoms. The van der Waals surface area contributed by atoms with E-state index in [-0.39, 0.29) is 17.1 Å². The highest BCUT2D eigenvalue weighted by Crippen LogP contribution is 2.32. The average molecular weight is 221 g/mol. The van der Waals surface area contributed by atoms with E-state index in [1.54, 1.807) is 17.0 Å². The van der Waals surface area contributed by atoms with E-state index in [0.29, 0.717) is 0 Å². The van der Waals surface area contributed by atoms with Gasteiger partial charge in [0.25, 0.3) is 0 Å². The SMILES string of the molecule is CC1(C)CCCN(c2ccc(F)cc2)C1=O. The maximum atomic E-state index is 12.8. The summed E-state index contributed by atoms with van der Waals surface area (Å²) in [5, 5.41) is 0. The minimum Gasteiger partial charge on any atom is -0.312 e. The molecule has 1 fully saturated rings. The molecule has 1 aliphatic heterocycles. The van der Waals surface area contributed by atoms with Gasteiger partial charge in [-0.3, -0.25) is 4.79 Å². The summed E-state index contributed by atoms with van der Waals surface area (Å²) >= 11 is 0. The molecule has 2 nitrogen and oxygen atoms in total. The van der Waals surface area contributed by atoms with Crippen LogP contribution in [0.3, 0.4) is 0 Å². The molecule has 2 rings (SSSR count). The highest BCUT2D eigenvalue weighted by Gasteiger charge is 2.35. The van der Waals surface area contributed by atoms with Gasteiger partial charge >= 0.3 is 0 Å². The van der Waals surface area contributed by atoms with E-state index in [9.17, 15) is 9.18 Å². The molecular weight excluding hydrogens is 205 g/mol. The number of amides is 1. The van der Waals surface area contributed by atoms with Gasteiger partial charge in [0.05, 0.1) is 0 Å². The first-order valence-electron chi connectivity index (χ1n) is 5.58. The fourth-order valence-corrected chi connectivity index (χ4v) is 2.12. The number of benzene rings is 1. The monoisotopic (exact) mass is 221 g/mol. The molecule has 1 saturated heterocycles. The highest BCUT2D eigenvalue weighted by molar-refractivity contribution is 5.97. The Morgan fingerprint density at radius 1 is 1.25 bits per heavy atom. The number of carbonyl (C=O) groups is 1. The quantitative estimate of drug-likeness (QED) is 0.714. The predicted octanol–water partition coefficient (Wildman–Crippen LogP) is 2.98. The van der Waals surface area contributed by atoms with Crippen LogP contribution >= 0.6 is 0 Å². The Hall–Kier alpha value is -1.38. The number of anilines is 1. The Bertz CT molecular complexity index is 397. The molecule has 0 atom stereocenters. The lowest BCUT2D eigenvalue weighted by atomic mass is 9.83. The van der Waals surface area contributed by atoms with Gasteiger partial charge in [0.1, 0.15) is 5.82 Å². The molecule has 1 aromatic rings. The third kappa shape index (κ3) is 1.94. The number of carbonyl (C=O) groups excluding carboxylic acids is 1. The molecule has 1 aliphatic rings. The van der Waals surface area contributed by atoms with Gasteiger partial charge in [0, 0.05) is 17.6 Å². The lowest BCUT2D eigenvalue weighted by molar-refractivity contribution is -0.128. The molecule has 0 spiro atoms. The standard InChI is InChI=1S/C13H16FNO/c1-13(2)8-3-9-15(12(13)16)11-6-4-10(14)5-7-11/h4-7H,3,8-9H2,1-2H3. The van der Waals surface area contributed by atoms with Gasteiger partial charge in [-0.25, -0.2) is 4.39 Å². The minimum absolute atomic E-state index is 0.130. The lowest BCUT2D eigenvalue weighted by Gasteiger charge is -2.37. The lowest BCUT2D eigenvalue weighted by Crippen LogP contribution is -2.46. The third-order valence-electron chi connectivity index (χ3n) is 3.15. The number of piperidine rings is 1.